The van der Waals surface area contributed by atoms with Crippen molar-refractivity contribution >= 4 is 16.6 Å². The molecule has 3 nitrogen and oxygen atoms in total. The van der Waals surface area contributed by atoms with Gasteiger partial charge < -0.3 is 9.88 Å². The predicted octanol–water partition coefficient (Wildman–Crippen LogP) is 2.52. The third-order valence-corrected chi connectivity index (χ3v) is 3.43. The molecule has 0 radical (unpaired) electrons. The molecule has 0 bridgehead atoms. The molecule has 1 aromatic carbocycles. The summed E-state index contributed by atoms with van der Waals surface area (Å²) < 4.78 is 0. The highest BCUT2D eigenvalue weighted by molar-refractivity contribution is 5.81. The van der Waals surface area contributed by atoms with E-state index in [0.29, 0.717) is 0 Å². The molecule has 1 fully saturated rings. The number of rotatable bonds is 1. The van der Waals surface area contributed by atoms with E-state index in [1.54, 1.807) is 0 Å². The molecule has 1 aliphatic rings. The molecular weight excluding hydrogens is 212 g/mol. The molecule has 0 amide bonds. The number of H-pyrrole nitrogens is 1. The van der Waals surface area contributed by atoms with Gasteiger partial charge in [-0.15, -0.1) is 0 Å². The fourth-order valence-corrected chi connectivity index (χ4v) is 2.51. The minimum absolute atomic E-state index is 0.0330. The largest absolute Gasteiger partial charge is 0.367 e. The maximum Gasteiger partial charge on any atom is 0.271 e. The van der Waals surface area contributed by atoms with Crippen LogP contribution in [-0.4, -0.2) is 18.1 Å². The number of anilines is 1. The second kappa shape index (κ2) is 4.24. The zero-order valence-corrected chi connectivity index (χ0v) is 9.78. The lowest BCUT2D eigenvalue weighted by Gasteiger charge is -2.28. The van der Waals surface area contributed by atoms with E-state index in [1.165, 1.54) is 19.3 Å². The van der Waals surface area contributed by atoms with Crippen molar-refractivity contribution in [3.63, 3.8) is 0 Å². The Morgan fingerprint density at radius 2 is 1.82 bits per heavy atom. The number of nitrogens with zero attached hydrogens (tertiary/aromatic N) is 1. The molecule has 3 heteroatoms. The van der Waals surface area contributed by atoms with Crippen molar-refractivity contribution in [2.45, 2.75) is 19.3 Å². The zero-order chi connectivity index (χ0) is 11.7. The fourth-order valence-electron chi connectivity index (χ4n) is 2.51. The average molecular weight is 228 g/mol. The number of fused-ring (bicyclic) bond motifs is 1. The van der Waals surface area contributed by atoms with Gasteiger partial charge in [0.1, 0.15) is 5.69 Å². The first kappa shape index (κ1) is 10.4. The molecule has 2 heterocycles. The minimum atomic E-state index is 0.0330. The van der Waals surface area contributed by atoms with Gasteiger partial charge in [0.2, 0.25) is 0 Å². The second-order valence-electron chi connectivity index (χ2n) is 4.62. The van der Waals surface area contributed by atoms with Gasteiger partial charge in [0.25, 0.3) is 5.56 Å². The first-order chi connectivity index (χ1) is 8.34. The topological polar surface area (TPSA) is 36.1 Å². The Hall–Kier alpha value is -1.77. The SMILES string of the molecule is O=c1[nH]c2ccccc2cc1N1CCCCC1. The quantitative estimate of drug-likeness (QED) is 0.814. The Morgan fingerprint density at radius 1 is 1.06 bits per heavy atom. The van der Waals surface area contributed by atoms with Gasteiger partial charge in [-0.3, -0.25) is 4.79 Å². The summed E-state index contributed by atoms with van der Waals surface area (Å²) in [6.07, 6.45) is 3.65. The van der Waals surface area contributed by atoms with Gasteiger partial charge in [0.15, 0.2) is 0 Å². The summed E-state index contributed by atoms with van der Waals surface area (Å²) >= 11 is 0. The predicted molar refractivity (Wildman–Crippen MR) is 70.6 cm³/mol. The van der Waals surface area contributed by atoms with Gasteiger partial charge in [-0.05, 0) is 31.4 Å². The Kier molecular flexibility index (Phi) is 2.59. The lowest BCUT2D eigenvalue weighted by Crippen LogP contribution is -2.33. The van der Waals surface area contributed by atoms with Crippen LogP contribution in [0.2, 0.25) is 0 Å². The van der Waals surface area contributed by atoms with Crippen LogP contribution in [0.25, 0.3) is 10.9 Å². The Morgan fingerprint density at radius 3 is 2.65 bits per heavy atom. The summed E-state index contributed by atoms with van der Waals surface area (Å²) in [6, 6.07) is 9.94. The van der Waals surface area contributed by atoms with Crippen molar-refractivity contribution in [2.75, 3.05) is 18.0 Å². The van der Waals surface area contributed by atoms with E-state index < -0.39 is 0 Å². The average Bonchev–Trinajstić information content (AvgIpc) is 2.39. The molecular formula is C14H16N2O. The maximum atomic E-state index is 12.0. The van der Waals surface area contributed by atoms with Crippen LogP contribution in [0.15, 0.2) is 35.1 Å². The van der Waals surface area contributed by atoms with Gasteiger partial charge in [0.05, 0.1) is 0 Å². The number of aromatic amines is 1. The van der Waals surface area contributed by atoms with Crippen molar-refractivity contribution in [1.82, 2.24) is 4.98 Å². The van der Waals surface area contributed by atoms with Crippen molar-refractivity contribution in [3.8, 4) is 0 Å². The van der Waals surface area contributed by atoms with Gasteiger partial charge in [-0.2, -0.15) is 0 Å². The number of aromatic nitrogens is 1. The number of pyridine rings is 1. The van der Waals surface area contributed by atoms with Gasteiger partial charge >= 0.3 is 0 Å². The minimum Gasteiger partial charge on any atom is -0.367 e. The van der Waals surface area contributed by atoms with Crippen LogP contribution in [0.5, 0.6) is 0 Å². The molecule has 1 aromatic heterocycles. The molecule has 0 spiro atoms. The van der Waals surface area contributed by atoms with Gasteiger partial charge in [-0.25, -0.2) is 0 Å². The Balaban J connectivity index is 2.09. The zero-order valence-electron chi connectivity index (χ0n) is 9.78. The molecule has 2 aromatic rings. The lowest BCUT2D eigenvalue weighted by atomic mass is 10.1. The summed E-state index contributed by atoms with van der Waals surface area (Å²) in [5, 5.41) is 1.10. The molecule has 17 heavy (non-hydrogen) atoms. The first-order valence-electron chi connectivity index (χ1n) is 6.21. The van der Waals surface area contributed by atoms with E-state index >= 15 is 0 Å². The number of hydrogen-bond donors (Lipinski definition) is 1. The summed E-state index contributed by atoms with van der Waals surface area (Å²) in [6.45, 7) is 2.00. The maximum absolute atomic E-state index is 12.0. The van der Waals surface area contributed by atoms with Crippen LogP contribution in [-0.2, 0) is 0 Å². The number of piperidine rings is 1. The molecule has 3 rings (SSSR count). The van der Waals surface area contributed by atoms with Crippen molar-refractivity contribution in [2.24, 2.45) is 0 Å². The van der Waals surface area contributed by atoms with Crippen LogP contribution < -0.4 is 10.5 Å². The molecule has 0 atom stereocenters. The number of nitrogens with one attached hydrogen (secondary N) is 1. The highest BCUT2D eigenvalue weighted by atomic mass is 16.1. The van der Waals surface area contributed by atoms with E-state index in [1.807, 2.05) is 30.3 Å². The molecule has 1 aliphatic heterocycles. The van der Waals surface area contributed by atoms with Crippen LogP contribution in [0.1, 0.15) is 19.3 Å². The van der Waals surface area contributed by atoms with Crippen molar-refractivity contribution in [1.29, 1.82) is 0 Å². The summed E-state index contributed by atoms with van der Waals surface area (Å²) in [5.74, 6) is 0. The van der Waals surface area contributed by atoms with E-state index in [0.717, 1.165) is 29.7 Å². The first-order valence-corrected chi connectivity index (χ1v) is 6.21. The summed E-state index contributed by atoms with van der Waals surface area (Å²) in [7, 11) is 0. The van der Waals surface area contributed by atoms with Gasteiger partial charge in [-0.1, -0.05) is 18.2 Å². The van der Waals surface area contributed by atoms with Crippen LogP contribution in [0.3, 0.4) is 0 Å². The van der Waals surface area contributed by atoms with E-state index in [2.05, 4.69) is 9.88 Å². The Bertz CT molecular complexity index is 582. The smallest absolute Gasteiger partial charge is 0.271 e. The van der Waals surface area contributed by atoms with E-state index in [-0.39, 0.29) is 5.56 Å². The normalized spacial score (nSPS) is 16.4. The van der Waals surface area contributed by atoms with Gasteiger partial charge in [0, 0.05) is 24.0 Å². The molecule has 0 saturated carbocycles. The third kappa shape index (κ3) is 1.93. The fraction of sp³-hybridized carbons (Fsp3) is 0.357. The van der Waals surface area contributed by atoms with Crippen molar-refractivity contribution < 1.29 is 0 Å². The highest BCUT2D eigenvalue weighted by Gasteiger charge is 2.14. The van der Waals surface area contributed by atoms with Crippen LogP contribution >= 0.6 is 0 Å². The Labute approximate surface area is 100 Å². The number of para-hydroxylation sites is 1. The highest BCUT2D eigenvalue weighted by Crippen LogP contribution is 2.19. The molecule has 88 valence electrons. The van der Waals surface area contributed by atoms with E-state index in [9.17, 15) is 4.79 Å². The monoisotopic (exact) mass is 228 g/mol. The van der Waals surface area contributed by atoms with Crippen LogP contribution in [0.4, 0.5) is 5.69 Å². The molecule has 0 unspecified atom stereocenters. The lowest BCUT2D eigenvalue weighted by molar-refractivity contribution is 0.576. The van der Waals surface area contributed by atoms with Crippen molar-refractivity contribution in [3.05, 3.63) is 40.7 Å². The molecule has 1 saturated heterocycles. The third-order valence-electron chi connectivity index (χ3n) is 3.43. The number of hydrogen-bond acceptors (Lipinski definition) is 2. The summed E-state index contributed by atoms with van der Waals surface area (Å²) in [4.78, 5) is 17.2. The van der Waals surface area contributed by atoms with Crippen LogP contribution in [0, 0.1) is 0 Å². The summed E-state index contributed by atoms with van der Waals surface area (Å²) in [5.41, 5.74) is 1.77. The second-order valence-corrected chi connectivity index (χ2v) is 4.62. The standard InChI is InChI=1S/C14H16N2O/c17-14-13(16-8-4-1-5-9-16)10-11-6-2-3-7-12(11)15-14/h2-3,6-7,10H,1,4-5,8-9H2,(H,15,17). The molecule has 1 N–H and O–H groups in total. The molecule has 0 aliphatic carbocycles. The number of benzene rings is 1. The van der Waals surface area contributed by atoms with E-state index in [4.69, 9.17) is 0 Å².